The molecule has 4 aromatic rings. The number of carbonyl (C=O) groups is 1. The smallest absolute Gasteiger partial charge is 0.410 e. The first-order chi connectivity index (χ1) is 16.2. The van der Waals surface area contributed by atoms with E-state index in [1.165, 1.54) is 0 Å². The van der Waals surface area contributed by atoms with E-state index in [9.17, 15) is 10.1 Å². The number of imidazole rings is 1. The normalized spacial score (nSPS) is 16.7. The molecule has 1 amide bonds. The Bertz CT molecular complexity index is 1440. The van der Waals surface area contributed by atoms with Crippen molar-refractivity contribution >= 4 is 22.8 Å². The van der Waals surface area contributed by atoms with Gasteiger partial charge in [0.25, 0.3) is 0 Å². The van der Waals surface area contributed by atoms with E-state index in [1.54, 1.807) is 27.9 Å². The Morgan fingerprint density at radius 2 is 2.06 bits per heavy atom. The topological polar surface area (TPSA) is 101 Å². The Hall–Kier alpha value is -3.93. The number of nitriles is 1. The second-order valence-corrected chi connectivity index (χ2v) is 9.71. The van der Waals surface area contributed by atoms with Crippen molar-refractivity contribution in [3.8, 4) is 17.3 Å². The highest BCUT2D eigenvalue weighted by atomic mass is 16.6. The largest absolute Gasteiger partial charge is 0.444 e. The lowest BCUT2D eigenvalue weighted by Crippen LogP contribution is -2.43. The number of aromatic nitrogens is 5. The molecule has 0 radical (unpaired) electrons. The Morgan fingerprint density at radius 1 is 1.24 bits per heavy atom. The standard InChI is InChI=1S/C25H27N7O2/c1-16-28-21-8-7-20(19-14-27-31-11-9-17(13-26)12-22(19)31)29-23(21)32(16)18-6-5-10-30(15-18)24(33)34-25(2,3)4/h7-9,11-12,14,18H,5-6,10,15H2,1-4H3/t18-/m0/s1. The first-order valence-corrected chi connectivity index (χ1v) is 11.4. The summed E-state index contributed by atoms with van der Waals surface area (Å²) in [5.41, 5.74) is 4.06. The van der Waals surface area contributed by atoms with Crippen LogP contribution in [0.25, 0.3) is 27.9 Å². The van der Waals surface area contributed by atoms with Gasteiger partial charge in [-0.1, -0.05) is 0 Å². The summed E-state index contributed by atoms with van der Waals surface area (Å²) in [4.78, 5) is 24.2. The molecule has 1 saturated heterocycles. The van der Waals surface area contributed by atoms with E-state index in [0.29, 0.717) is 18.7 Å². The van der Waals surface area contributed by atoms with Crippen LogP contribution >= 0.6 is 0 Å². The molecule has 5 heterocycles. The van der Waals surface area contributed by atoms with Crippen LogP contribution < -0.4 is 0 Å². The molecule has 1 aliphatic rings. The third-order valence-corrected chi connectivity index (χ3v) is 6.05. The van der Waals surface area contributed by atoms with Crippen molar-refractivity contribution in [2.75, 3.05) is 13.1 Å². The first-order valence-electron chi connectivity index (χ1n) is 11.4. The van der Waals surface area contributed by atoms with Gasteiger partial charge in [-0.3, -0.25) is 0 Å². The van der Waals surface area contributed by atoms with Gasteiger partial charge < -0.3 is 14.2 Å². The van der Waals surface area contributed by atoms with Crippen LogP contribution in [0.4, 0.5) is 4.79 Å². The highest BCUT2D eigenvalue weighted by Crippen LogP contribution is 2.30. The summed E-state index contributed by atoms with van der Waals surface area (Å²) in [6.45, 7) is 8.85. The number of pyridine rings is 2. The molecule has 0 saturated carbocycles. The zero-order valence-electron chi connectivity index (χ0n) is 19.8. The molecule has 1 aliphatic heterocycles. The van der Waals surface area contributed by atoms with E-state index < -0.39 is 5.60 Å². The lowest BCUT2D eigenvalue weighted by Gasteiger charge is -2.35. The maximum Gasteiger partial charge on any atom is 0.410 e. The molecule has 9 heteroatoms. The van der Waals surface area contributed by atoms with Crippen LogP contribution in [0.1, 0.15) is 51.0 Å². The summed E-state index contributed by atoms with van der Waals surface area (Å²) in [5.74, 6) is 0.863. The van der Waals surface area contributed by atoms with Crippen LogP contribution in [0.3, 0.4) is 0 Å². The van der Waals surface area contributed by atoms with Crippen LogP contribution in [-0.2, 0) is 4.74 Å². The highest BCUT2D eigenvalue weighted by molar-refractivity contribution is 5.83. The monoisotopic (exact) mass is 457 g/mol. The summed E-state index contributed by atoms with van der Waals surface area (Å²) in [6, 6.07) is 9.69. The van der Waals surface area contributed by atoms with Crippen molar-refractivity contribution in [2.24, 2.45) is 0 Å². The average molecular weight is 458 g/mol. The third-order valence-electron chi connectivity index (χ3n) is 6.05. The number of likely N-dealkylation sites (tertiary alicyclic amines) is 1. The minimum atomic E-state index is -0.530. The molecule has 0 N–H and O–H groups in total. The Kier molecular flexibility index (Phi) is 5.24. The molecule has 5 rings (SSSR count). The molecule has 0 aliphatic carbocycles. The fraction of sp³-hybridized carbons (Fsp3) is 0.400. The van der Waals surface area contributed by atoms with Crippen molar-refractivity contribution in [1.82, 2.24) is 29.0 Å². The lowest BCUT2D eigenvalue weighted by atomic mass is 10.1. The number of carbonyl (C=O) groups excluding carboxylic acids is 1. The van der Waals surface area contributed by atoms with Crippen LogP contribution in [0, 0.1) is 18.3 Å². The summed E-state index contributed by atoms with van der Waals surface area (Å²) in [6.07, 6.45) is 5.07. The second kappa shape index (κ2) is 8.13. The SMILES string of the molecule is Cc1nc2ccc(-c3cnn4ccc(C#N)cc34)nc2n1[C@H]1CCCN(C(=O)OC(C)(C)C)C1. The zero-order valence-corrected chi connectivity index (χ0v) is 19.8. The quantitative estimate of drug-likeness (QED) is 0.439. The molecule has 0 unspecified atom stereocenters. The number of amides is 1. The Labute approximate surface area is 197 Å². The summed E-state index contributed by atoms with van der Waals surface area (Å²) in [7, 11) is 0. The van der Waals surface area contributed by atoms with Gasteiger partial charge in [-0.25, -0.2) is 19.3 Å². The molecule has 9 nitrogen and oxygen atoms in total. The number of hydrogen-bond donors (Lipinski definition) is 0. The van der Waals surface area contributed by atoms with Gasteiger partial charge in [0.1, 0.15) is 16.9 Å². The Morgan fingerprint density at radius 3 is 2.82 bits per heavy atom. The summed E-state index contributed by atoms with van der Waals surface area (Å²) < 4.78 is 9.48. The van der Waals surface area contributed by atoms with Crippen LogP contribution in [-0.4, -0.2) is 53.8 Å². The van der Waals surface area contributed by atoms with Gasteiger partial charge in [0.2, 0.25) is 0 Å². The Balaban J connectivity index is 1.52. The minimum absolute atomic E-state index is 0.0584. The molecule has 1 fully saturated rings. The van der Waals surface area contributed by atoms with Crippen molar-refractivity contribution in [3.63, 3.8) is 0 Å². The van der Waals surface area contributed by atoms with Crippen LogP contribution in [0.2, 0.25) is 0 Å². The predicted molar refractivity (Wildman–Crippen MR) is 127 cm³/mol. The van der Waals surface area contributed by atoms with E-state index in [2.05, 4.69) is 15.7 Å². The number of hydrogen-bond acceptors (Lipinski definition) is 6. The van der Waals surface area contributed by atoms with Gasteiger partial charge in [0.15, 0.2) is 5.65 Å². The van der Waals surface area contributed by atoms with E-state index in [1.807, 2.05) is 45.9 Å². The number of rotatable bonds is 2. The molecule has 34 heavy (non-hydrogen) atoms. The maximum absolute atomic E-state index is 12.7. The first kappa shape index (κ1) is 21.9. The van der Waals surface area contributed by atoms with Crippen molar-refractivity contribution in [1.29, 1.82) is 5.26 Å². The molecule has 0 aromatic carbocycles. The fourth-order valence-electron chi connectivity index (χ4n) is 4.58. The lowest BCUT2D eigenvalue weighted by molar-refractivity contribution is 0.0173. The number of ether oxygens (including phenoxy) is 1. The van der Waals surface area contributed by atoms with E-state index >= 15 is 0 Å². The van der Waals surface area contributed by atoms with E-state index in [-0.39, 0.29) is 12.1 Å². The third kappa shape index (κ3) is 3.96. The summed E-state index contributed by atoms with van der Waals surface area (Å²) >= 11 is 0. The fourth-order valence-corrected chi connectivity index (χ4v) is 4.58. The second-order valence-electron chi connectivity index (χ2n) is 9.71. The highest BCUT2D eigenvalue weighted by Gasteiger charge is 2.30. The molecular weight excluding hydrogens is 430 g/mol. The van der Waals surface area contributed by atoms with Gasteiger partial charge >= 0.3 is 6.09 Å². The predicted octanol–water partition coefficient (Wildman–Crippen LogP) is 4.50. The molecule has 1 atom stereocenters. The zero-order chi connectivity index (χ0) is 24.0. The van der Waals surface area contributed by atoms with Gasteiger partial charge in [-0.15, -0.1) is 0 Å². The molecule has 0 bridgehead atoms. The van der Waals surface area contributed by atoms with Crippen molar-refractivity contribution in [2.45, 2.75) is 52.2 Å². The molecule has 0 spiro atoms. The number of piperidine rings is 1. The van der Waals surface area contributed by atoms with Gasteiger partial charge in [0, 0.05) is 24.8 Å². The van der Waals surface area contributed by atoms with Gasteiger partial charge in [-0.05, 0) is 64.8 Å². The van der Waals surface area contributed by atoms with Gasteiger partial charge in [-0.2, -0.15) is 10.4 Å². The average Bonchev–Trinajstić information content (AvgIpc) is 3.37. The number of nitrogens with zero attached hydrogens (tertiary/aromatic N) is 7. The van der Waals surface area contributed by atoms with Gasteiger partial charge in [0.05, 0.1) is 35.1 Å². The minimum Gasteiger partial charge on any atom is -0.444 e. The van der Waals surface area contributed by atoms with Crippen LogP contribution in [0.15, 0.2) is 36.7 Å². The van der Waals surface area contributed by atoms with Crippen LogP contribution in [0.5, 0.6) is 0 Å². The van der Waals surface area contributed by atoms with E-state index in [4.69, 9.17) is 14.7 Å². The number of fused-ring (bicyclic) bond motifs is 2. The van der Waals surface area contributed by atoms with E-state index in [0.717, 1.165) is 46.6 Å². The van der Waals surface area contributed by atoms with Crippen molar-refractivity contribution in [3.05, 3.63) is 48.0 Å². The molecule has 4 aromatic heterocycles. The maximum atomic E-state index is 12.7. The summed E-state index contributed by atoms with van der Waals surface area (Å²) in [5, 5.41) is 13.7. The number of aryl methyl sites for hydroxylation is 1. The molecule has 174 valence electrons. The molecular formula is C25H27N7O2. The van der Waals surface area contributed by atoms with Crippen molar-refractivity contribution < 1.29 is 9.53 Å².